The summed E-state index contributed by atoms with van der Waals surface area (Å²) in [6.07, 6.45) is 0. The highest BCUT2D eigenvalue weighted by atomic mass is 16.2. The molecule has 0 aromatic heterocycles. The Kier molecular flexibility index (Phi) is 6.27. The van der Waals surface area contributed by atoms with Gasteiger partial charge in [-0.15, -0.1) is 0 Å². The molecule has 0 aliphatic rings. The lowest BCUT2D eigenvalue weighted by molar-refractivity contribution is 0.0904. The molecule has 0 fully saturated rings. The van der Waals surface area contributed by atoms with Crippen molar-refractivity contribution in [2.45, 2.75) is 26.4 Å². The number of nitrogens with zero attached hydrogens (tertiary/aromatic N) is 1. The predicted octanol–water partition coefficient (Wildman–Crippen LogP) is 3.14. The molecular weight excluding hydrogens is 300 g/mol. The maximum absolute atomic E-state index is 12.1. The van der Waals surface area contributed by atoms with Gasteiger partial charge in [0.1, 0.15) is 0 Å². The van der Waals surface area contributed by atoms with Crippen LogP contribution in [-0.2, 0) is 6.54 Å². The van der Waals surface area contributed by atoms with Gasteiger partial charge in [-0.2, -0.15) is 0 Å². The van der Waals surface area contributed by atoms with Gasteiger partial charge in [0, 0.05) is 23.7 Å². The van der Waals surface area contributed by atoms with Crippen LogP contribution in [0.2, 0.25) is 0 Å². The largest absolute Gasteiger partial charge is 0.345 e. The van der Waals surface area contributed by atoms with E-state index >= 15 is 0 Å². The topological polar surface area (TPSA) is 49.4 Å². The van der Waals surface area contributed by atoms with Crippen LogP contribution >= 0.6 is 0 Å². The van der Waals surface area contributed by atoms with Crippen molar-refractivity contribution in [1.82, 2.24) is 10.2 Å². The van der Waals surface area contributed by atoms with Crippen LogP contribution in [0.4, 0.5) is 0 Å². The van der Waals surface area contributed by atoms with E-state index in [0.29, 0.717) is 17.2 Å². The fraction of sp³-hybridized carbons (Fsp3) is 0.300. The van der Waals surface area contributed by atoms with E-state index in [2.05, 4.69) is 31.1 Å². The number of rotatable bonds is 7. The molecule has 4 heteroatoms. The first-order chi connectivity index (χ1) is 11.5. The van der Waals surface area contributed by atoms with Crippen LogP contribution in [0.1, 0.15) is 40.1 Å². The van der Waals surface area contributed by atoms with Gasteiger partial charge in [-0.3, -0.25) is 14.5 Å². The minimum absolute atomic E-state index is 0.000680. The zero-order chi connectivity index (χ0) is 17.5. The van der Waals surface area contributed by atoms with Crippen molar-refractivity contribution in [1.29, 1.82) is 0 Å². The lowest BCUT2D eigenvalue weighted by atomic mass is 10.1. The molecule has 24 heavy (non-hydrogen) atoms. The average molecular weight is 324 g/mol. The van der Waals surface area contributed by atoms with E-state index in [9.17, 15) is 9.59 Å². The van der Waals surface area contributed by atoms with Gasteiger partial charge in [-0.25, -0.2) is 0 Å². The minimum atomic E-state index is -0.233. The van der Waals surface area contributed by atoms with E-state index in [-0.39, 0.29) is 18.2 Å². The molecule has 0 saturated heterocycles. The molecule has 0 aliphatic carbocycles. The van der Waals surface area contributed by atoms with Crippen LogP contribution in [0.25, 0.3) is 0 Å². The monoisotopic (exact) mass is 324 g/mol. The Labute approximate surface area is 143 Å². The summed E-state index contributed by atoms with van der Waals surface area (Å²) in [6, 6.07) is 16.9. The van der Waals surface area contributed by atoms with Crippen molar-refractivity contribution >= 4 is 11.7 Å². The van der Waals surface area contributed by atoms with Crippen LogP contribution in [-0.4, -0.2) is 36.2 Å². The molecule has 0 spiro atoms. The molecule has 2 rings (SSSR count). The summed E-state index contributed by atoms with van der Waals surface area (Å²) in [7, 11) is 2.07. The third-order valence-corrected chi connectivity index (χ3v) is 4.03. The summed E-state index contributed by atoms with van der Waals surface area (Å²) in [6.45, 7) is 5.13. The van der Waals surface area contributed by atoms with Crippen molar-refractivity contribution in [2.24, 2.45) is 0 Å². The smallest absolute Gasteiger partial charge is 0.251 e. The van der Waals surface area contributed by atoms with Crippen LogP contribution in [0.15, 0.2) is 54.6 Å². The first-order valence-electron chi connectivity index (χ1n) is 8.13. The van der Waals surface area contributed by atoms with Crippen LogP contribution in [0.5, 0.6) is 0 Å². The van der Waals surface area contributed by atoms with Gasteiger partial charge in [0.2, 0.25) is 0 Å². The van der Waals surface area contributed by atoms with Gasteiger partial charge in [0.25, 0.3) is 5.91 Å². The minimum Gasteiger partial charge on any atom is -0.345 e. The fourth-order valence-corrected chi connectivity index (χ4v) is 2.22. The van der Waals surface area contributed by atoms with Crippen LogP contribution in [0, 0.1) is 0 Å². The van der Waals surface area contributed by atoms with Crippen molar-refractivity contribution in [3.05, 3.63) is 71.3 Å². The molecule has 0 saturated carbocycles. The summed E-state index contributed by atoms with van der Waals surface area (Å²) < 4.78 is 0. The number of hydrogen-bond donors (Lipinski definition) is 1. The molecule has 0 heterocycles. The third-order valence-electron chi connectivity index (χ3n) is 4.03. The summed E-state index contributed by atoms with van der Waals surface area (Å²) in [5.41, 5.74) is 2.32. The summed E-state index contributed by atoms with van der Waals surface area (Å²) in [4.78, 5) is 26.4. The van der Waals surface area contributed by atoms with Crippen molar-refractivity contribution < 1.29 is 9.59 Å². The van der Waals surface area contributed by atoms with E-state index in [4.69, 9.17) is 0 Å². The average Bonchev–Trinajstić information content (AvgIpc) is 2.60. The Hall–Kier alpha value is -2.46. The summed E-state index contributed by atoms with van der Waals surface area (Å²) >= 11 is 0. The fourth-order valence-electron chi connectivity index (χ4n) is 2.22. The number of nitrogens with one attached hydrogen (secondary N) is 1. The molecule has 1 amide bonds. The number of carbonyl (C=O) groups is 2. The Bertz CT molecular complexity index is 679. The molecule has 0 radical (unpaired) electrons. The number of hydrogen-bond acceptors (Lipinski definition) is 3. The SMILES string of the molecule is CC(C)N(C)Cc1ccc(C(=O)NCC(=O)c2ccccc2)cc1. The normalized spacial score (nSPS) is 10.9. The Morgan fingerprint density at radius 1 is 0.958 bits per heavy atom. The second-order valence-corrected chi connectivity index (χ2v) is 6.18. The van der Waals surface area contributed by atoms with Gasteiger partial charge in [0.05, 0.1) is 6.54 Å². The highest BCUT2D eigenvalue weighted by Gasteiger charge is 2.10. The standard InChI is InChI=1S/C20H24N2O2/c1-15(2)22(3)14-16-9-11-18(12-10-16)20(24)21-13-19(23)17-7-5-4-6-8-17/h4-12,15H,13-14H2,1-3H3,(H,21,24). The molecule has 1 N–H and O–H groups in total. The van der Waals surface area contributed by atoms with Gasteiger partial charge in [0.15, 0.2) is 5.78 Å². The molecule has 0 unspecified atom stereocenters. The van der Waals surface area contributed by atoms with Gasteiger partial charge >= 0.3 is 0 Å². The van der Waals surface area contributed by atoms with Gasteiger partial charge < -0.3 is 5.32 Å². The number of amides is 1. The maximum atomic E-state index is 12.1. The van der Waals surface area contributed by atoms with E-state index in [1.165, 1.54) is 0 Å². The molecule has 0 bridgehead atoms. The van der Waals surface area contributed by atoms with Crippen molar-refractivity contribution in [3.8, 4) is 0 Å². The zero-order valence-electron chi connectivity index (χ0n) is 14.5. The molecule has 2 aromatic carbocycles. The Morgan fingerprint density at radius 3 is 2.17 bits per heavy atom. The molecule has 0 atom stereocenters. The molecule has 4 nitrogen and oxygen atoms in total. The van der Waals surface area contributed by atoms with Crippen molar-refractivity contribution in [3.63, 3.8) is 0 Å². The summed E-state index contributed by atoms with van der Waals surface area (Å²) in [5.74, 6) is -0.331. The first kappa shape index (κ1) is 17.9. The van der Waals surface area contributed by atoms with Crippen LogP contribution < -0.4 is 5.32 Å². The molecular formula is C20H24N2O2. The third kappa shape index (κ3) is 5.03. The Balaban J connectivity index is 1.90. The lowest BCUT2D eigenvalue weighted by Crippen LogP contribution is -2.29. The van der Waals surface area contributed by atoms with Gasteiger partial charge in [-0.1, -0.05) is 42.5 Å². The Morgan fingerprint density at radius 2 is 1.58 bits per heavy atom. The highest BCUT2D eigenvalue weighted by Crippen LogP contribution is 2.09. The number of carbonyl (C=O) groups excluding carboxylic acids is 2. The van der Waals surface area contributed by atoms with E-state index in [1.54, 1.807) is 24.3 Å². The maximum Gasteiger partial charge on any atom is 0.251 e. The number of ketones is 1. The first-order valence-corrected chi connectivity index (χ1v) is 8.13. The number of Topliss-reactive ketones (excluding diaryl/α,β-unsaturated/α-hetero) is 1. The number of benzene rings is 2. The molecule has 0 aliphatic heterocycles. The predicted molar refractivity (Wildman–Crippen MR) is 96.2 cm³/mol. The van der Waals surface area contributed by atoms with E-state index in [1.807, 2.05) is 30.3 Å². The van der Waals surface area contributed by atoms with E-state index < -0.39 is 0 Å². The lowest BCUT2D eigenvalue weighted by Gasteiger charge is -2.20. The van der Waals surface area contributed by atoms with Crippen LogP contribution in [0.3, 0.4) is 0 Å². The molecule has 126 valence electrons. The van der Waals surface area contributed by atoms with Crippen molar-refractivity contribution in [2.75, 3.05) is 13.6 Å². The summed E-state index contributed by atoms with van der Waals surface area (Å²) in [5, 5.41) is 2.68. The van der Waals surface area contributed by atoms with Gasteiger partial charge in [-0.05, 0) is 38.6 Å². The zero-order valence-corrected chi connectivity index (χ0v) is 14.5. The highest BCUT2D eigenvalue weighted by molar-refractivity contribution is 6.02. The second kappa shape index (κ2) is 8.41. The molecule has 2 aromatic rings. The van der Waals surface area contributed by atoms with E-state index in [0.717, 1.165) is 12.1 Å². The quantitative estimate of drug-likeness (QED) is 0.796. The second-order valence-electron chi connectivity index (χ2n) is 6.18.